The highest BCUT2D eigenvalue weighted by Crippen LogP contribution is 2.28. The first-order valence-corrected chi connectivity index (χ1v) is 6.62. The van der Waals surface area contributed by atoms with Crippen LogP contribution < -0.4 is 10.6 Å². The van der Waals surface area contributed by atoms with Crippen LogP contribution in [0.5, 0.6) is 5.75 Å². The Morgan fingerprint density at radius 2 is 2.15 bits per heavy atom. The Labute approximate surface area is 117 Å². The zero-order valence-electron chi connectivity index (χ0n) is 11.2. The molecule has 0 bridgehead atoms. The molecule has 0 fully saturated rings. The first-order chi connectivity index (χ1) is 9.65. The van der Waals surface area contributed by atoms with Crippen LogP contribution >= 0.6 is 0 Å². The normalized spacial score (nSPS) is 12.7. The number of para-hydroxylation sites is 1. The number of hydrogen-bond donors (Lipinski definition) is 3. The second kappa shape index (κ2) is 4.89. The van der Waals surface area contributed by atoms with Gasteiger partial charge in [-0.15, -0.1) is 0 Å². The lowest BCUT2D eigenvalue weighted by Gasteiger charge is -2.10. The second-order valence-corrected chi connectivity index (χ2v) is 4.97. The van der Waals surface area contributed by atoms with Crippen molar-refractivity contribution in [1.29, 1.82) is 0 Å². The number of phenolic OH excluding ortho intramolecular Hbond substituents is 1. The van der Waals surface area contributed by atoms with E-state index in [1.54, 1.807) is 25.1 Å². The Kier molecular flexibility index (Phi) is 3.06. The molecule has 2 aromatic carbocycles. The van der Waals surface area contributed by atoms with Crippen molar-refractivity contribution >= 4 is 17.3 Å². The summed E-state index contributed by atoms with van der Waals surface area (Å²) in [5.41, 5.74) is 4.01. The number of amides is 1. The van der Waals surface area contributed by atoms with E-state index in [1.807, 2.05) is 18.2 Å². The van der Waals surface area contributed by atoms with Gasteiger partial charge in [-0.25, -0.2) is 0 Å². The second-order valence-electron chi connectivity index (χ2n) is 4.97. The van der Waals surface area contributed by atoms with Gasteiger partial charge in [0.15, 0.2) is 0 Å². The highest BCUT2D eigenvalue weighted by Gasteiger charge is 2.14. The lowest BCUT2D eigenvalue weighted by molar-refractivity contribution is 0.102. The maximum Gasteiger partial charge on any atom is 0.255 e. The summed E-state index contributed by atoms with van der Waals surface area (Å²) in [6.45, 7) is 2.71. The van der Waals surface area contributed by atoms with E-state index in [9.17, 15) is 9.90 Å². The van der Waals surface area contributed by atoms with Crippen LogP contribution in [0, 0.1) is 6.92 Å². The van der Waals surface area contributed by atoms with Gasteiger partial charge >= 0.3 is 0 Å². The number of benzene rings is 2. The Bertz CT molecular complexity index is 680. The minimum Gasteiger partial charge on any atom is -0.505 e. The van der Waals surface area contributed by atoms with E-state index >= 15 is 0 Å². The fourth-order valence-corrected chi connectivity index (χ4v) is 2.39. The number of aromatic hydroxyl groups is 1. The fourth-order valence-electron chi connectivity index (χ4n) is 2.39. The molecule has 0 unspecified atom stereocenters. The number of rotatable bonds is 2. The zero-order chi connectivity index (χ0) is 14.1. The van der Waals surface area contributed by atoms with Gasteiger partial charge in [0.25, 0.3) is 5.91 Å². The standard InChI is InChI=1S/C16H16N2O2/c1-10-3-2-4-13(15(10)19)18-16(20)12-6-5-11-7-8-17-14(11)9-12/h2-6,9,17,19H,7-8H2,1H3,(H,18,20). The fraction of sp³-hybridized carbons (Fsp3) is 0.188. The van der Waals surface area contributed by atoms with E-state index in [-0.39, 0.29) is 11.7 Å². The zero-order valence-corrected chi connectivity index (χ0v) is 11.2. The van der Waals surface area contributed by atoms with Crippen LogP contribution in [0.1, 0.15) is 21.5 Å². The van der Waals surface area contributed by atoms with Crippen LogP contribution in [-0.4, -0.2) is 17.6 Å². The largest absolute Gasteiger partial charge is 0.505 e. The molecule has 0 atom stereocenters. The van der Waals surface area contributed by atoms with E-state index in [2.05, 4.69) is 10.6 Å². The smallest absolute Gasteiger partial charge is 0.255 e. The lowest BCUT2D eigenvalue weighted by Crippen LogP contribution is -2.12. The summed E-state index contributed by atoms with van der Waals surface area (Å²) in [7, 11) is 0. The summed E-state index contributed by atoms with van der Waals surface area (Å²) in [6.07, 6.45) is 0.996. The van der Waals surface area contributed by atoms with Crippen LogP contribution in [0.3, 0.4) is 0 Å². The first-order valence-electron chi connectivity index (χ1n) is 6.62. The van der Waals surface area contributed by atoms with Crippen molar-refractivity contribution in [2.24, 2.45) is 0 Å². The molecule has 0 saturated heterocycles. The minimum absolute atomic E-state index is 0.111. The molecule has 4 nitrogen and oxygen atoms in total. The number of nitrogens with one attached hydrogen (secondary N) is 2. The number of carbonyl (C=O) groups excluding carboxylic acids is 1. The SMILES string of the molecule is Cc1cccc(NC(=O)c2ccc3c(c2)NCC3)c1O. The van der Waals surface area contributed by atoms with Crippen LogP contribution in [-0.2, 0) is 6.42 Å². The van der Waals surface area contributed by atoms with Crippen molar-refractivity contribution in [2.45, 2.75) is 13.3 Å². The average Bonchev–Trinajstić information content (AvgIpc) is 2.91. The molecule has 102 valence electrons. The van der Waals surface area contributed by atoms with E-state index < -0.39 is 0 Å². The predicted molar refractivity (Wildman–Crippen MR) is 79.4 cm³/mol. The molecule has 20 heavy (non-hydrogen) atoms. The Morgan fingerprint density at radius 3 is 3.00 bits per heavy atom. The Morgan fingerprint density at radius 1 is 1.30 bits per heavy atom. The topological polar surface area (TPSA) is 61.4 Å². The number of carbonyl (C=O) groups is 1. The monoisotopic (exact) mass is 268 g/mol. The van der Waals surface area contributed by atoms with Gasteiger partial charge in [0.05, 0.1) is 5.69 Å². The van der Waals surface area contributed by atoms with Crippen LogP contribution in [0.15, 0.2) is 36.4 Å². The summed E-state index contributed by atoms with van der Waals surface area (Å²) >= 11 is 0. The number of phenols is 1. The van der Waals surface area contributed by atoms with Crippen molar-refractivity contribution in [2.75, 3.05) is 17.2 Å². The van der Waals surface area contributed by atoms with Crippen LogP contribution in [0.25, 0.3) is 0 Å². The maximum absolute atomic E-state index is 12.2. The molecular formula is C16H16N2O2. The number of hydrogen-bond acceptors (Lipinski definition) is 3. The molecule has 2 aromatic rings. The molecule has 0 radical (unpaired) electrons. The predicted octanol–water partition coefficient (Wildman–Crippen LogP) is 2.92. The van der Waals surface area contributed by atoms with Crippen molar-refractivity contribution in [1.82, 2.24) is 0 Å². The third-order valence-electron chi connectivity index (χ3n) is 3.57. The average molecular weight is 268 g/mol. The summed E-state index contributed by atoms with van der Waals surface area (Å²) in [5, 5.41) is 15.9. The van der Waals surface area contributed by atoms with E-state index in [1.165, 1.54) is 5.56 Å². The molecule has 1 amide bonds. The number of aryl methyl sites for hydroxylation is 1. The molecule has 3 rings (SSSR count). The molecule has 1 heterocycles. The molecule has 3 N–H and O–H groups in total. The van der Waals surface area contributed by atoms with Gasteiger partial charge in [-0.2, -0.15) is 0 Å². The number of fused-ring (bicyclic) bond motifs is 1. The Balaban J connectivity index is 1.84. The molecule has 4 heteroatoms. The summed E-state index contributed by atoms with van der Waals surface area (Å²) in [6, 6.07) is 10.9. The maximum atomic E-state index is 12.2. The Hall–Kier alpha value is -2.49. The summed E-state index contributed by atoms with van der Waals surface area (Å²) < 4.78 is 0. The molecular weight excluding hydrogens is 252 g/mol. The first kappa shape index (κ1) is 12.5. The molecule has 0 aromatic heterocycles. The van der Waals surface area contributed by atoms with Crippen LogP contribution in [0.2, 0.25) is 0 Å². The van der Waals surface area contributed by atoms with Gasteiger partial charge in [-0.05, 0) is 42.7 Å². The van der Waals surface area contributed by atoms with Crippen molar-refractivity contribution in [3.8, 4) is 5.75 Å². The molecule has 1 aliphatic heterocycles. The van der Waals surface area contributed by atoms with Gasteiger partial charge < -0.3 is 15.7 Å². The molecule has 1 aliphatic rings. The summed E-state index contributed by atoms with van der Waals surface area (Å²) in [4.78, 5) is 12.2. The summed E-state index contributed by atoms with van der Waals surface area (Å²) in [5.74, 6) is -0.109. The highest BCUT2D eigenvalue weighted by molar-refractivity contribution is 6.05. The van der Waals surface area contributed by atoms with Gasteiger partial charge in [-0.3, -0.25) is 4.79 Å². The molecule has 0 saturated carbocycles. The number of anilines is 2. The third kappa shape index (κ3) is 2.20. The molecule has 0 spiro atoms. The van der Waals surface area contributed by atoms with Gasteiger partial charge in [0, 0.05) is 17.8 Å². The highest BCUT2D eigenvalue weighted by atomic mass is 16.3. The van der Waals surface area contributed by atoms with Crippen molar-refractivity contribution in [3.63, 3.8) is 0 Å². The third-order valence-corrected chi connectivity index (χ3v) is 3.57. The van der Waals surface area contributed by atoms with Gasteiger partial charge in [-0.1, -0.05) is 18.2 Å². The minimum atomic E-state index is -0.220. The van der Waals surface area contributed by atoms with Crippen molar-refractivity contribution < 1.29 is 9.90 Å². The lowest BCUT2D eigenvalue weighted by atomic mass is 10.1. The van der Waals surface area contributed by atoms with E-state index in [0.717, 1.165) is 24.2 Å². The van der Waals surface area contributed by atoms with E-state index in [4.69, 9.17) is 0 Å². The molecule has 0 aliphatic carbocycles. The van der Waals surface area contributed by atoms with Gasteiger partial charge in [0.1, 0.15) is 5.75 Å². The van der Waals surface area contributed by atoms with Gasteiger partial charge in [0.2, 0.25) is 0 Å². The van der Waals surface area contributed by atoms with E-state index in [0.29, 0.717) is 11.3 Å². The van der Waals surface area contributed by atoms with Crippen LogP contribution in [0.4, 0.5) is 11.4 Å². The quantitative estimate of drug-likeness (QED) is 0.734. The van der Waals surface area contributed by atoms with Crippen molar-refractivity contribution in [3.05, 3.63) is 53.1 Å².